The molecule has 16 heavy (non-hydrogen) atoms. The molecule has 0 atom stereocenters. The van der Waals surface area contributed by atoms with Gasteiger partial charge >= 0.3 is 0 Å². The molecule has 1 fully saturated rings. The fourth-order valence-corrected chi connectivity index (χ4v) is 2.19. The molecule has 4 heteroatoms. The van der Waals surface area contributed by atoms with Gasteiger partial charge in [0.15, 0.2) is 5.75 Å². The first kappa shape index (κ1) is 11.0. The SMILES string of the molecule is ON=C1CCC(c2ccc(OO)cc2)CC1. The minimum absolute atomic E-state index is 0.456. The van der Waals surface area contributed by atoms with E-state index in [-0.39, 0.29) is 0 Å². The molecule has 0 amide bonds. The first-order chi connectivity index (χ1) is 7.83. The zero-order valence-electron chi connectivity index (χ0n) is 8.97. The van der Waals surface area contributed by atoms with Crippen molar-refractivity contribution >= 4 is 5.71 Å². The predicted octanol–water partition coefficient (Wildman–Crippen LogP) is 3.03. The van der Waals surface area contributed by atoms with Gasteiger partial charge in [-0.2, -0.15) is 0 Å². The van der Waals surface area contributed by atoms with Crippen LogP contribution in [0.2, 0.25) is 0 Å². The topological polar surface area (TPSA) is 62.1 Å². The van der Waals surface area contributed by atoms with Crippen LogP contribution in [0.1, 0.15) is 37.2 Å². The molecule has 1 aliphatic carbocycles. The molecular weight excluding hydrogens is 206 g/mol. The normalized spacial score (nSPS) is 20.6. The molecule has 1 aliphatic rings. The number of hydrogen-bond acceptors (Lipinski definition) is 4. The molecule has 0 aromatic heterocycles. The maximum atomic E-state index is 8.66. The lowest BCUT2D eigenvalue weighted by molar-refractivity contribution is -0.137. The van der Waals surface area contributed by atoms with Gasteiger partial charge in [-0.25, -0.2) is 5.26 Å². The highest BCUT2D eigenvalue weighted by molar-refractivity contribution is 5.84. The largest absolute Gasteiger partial charge is 0.411 e. The molecule has 0 heterocycles. The Balaban J connectivity index is 2.02. The van der Waals surface area contributed by atoms with Gasteiger partial charge in [0, 0.05) is 0 Å². The number of oxime groups is 1. The van der Waals surface area contributed by atoms with Gasteiger partial charge in [0.25, 0.3) is 0 Å². The average Bonchev–Trinajstić information content (AvgIpc) is 2.39. The van der Waals surface area contributed by atoms with Gasteiger partial charge in [-0.1, -0.05) is 17.3 Å². The summed E-state index contributed by atoms with van der Waals surface area (Å²) in [5.74, 6) is 0.968. The molecule has 1 aromatic carbocycles. The summed E-state index contributed by atoms with van der Waals surface area (Å²) in [6.07, 6.45) is 3.75. The van der Waals surface area contributed by atoms with Gasteiger partial charge in [-0.15, -0.1) is 0 Å². The third-order valence-electron chi connectivity index (χ3n) is 3.16. The van der Waals surface area contributed by atoms with E-state index in [1.807, 2.05) is 12.1 Å². The van der Waals surface area contributed by atoms with Crippen molar-refractivity contribution in [2.24, 2.45) is 5.16 Å². The van der Waals surface area contributed by atoms with Gasteiger partial charge in [0.05, 0.1) is 5.71 Å². The predicted molar refractivity (Wildman–Crippen MR) is 60.1 cm³/mol. The molecule has 2 N–H and O–H groups in total. The van der Waals surface area contributed by atoms with E-state index in [2.05, 4.69) is 10.0 Å². The summed E-state index contributed by atoms with van der Waals surface area (Å²) >= 11 is 0. The third kappa shape index (κ3) is 2.33. The van der Waals surface area contributed by atoms with E-state index in [1.54, 1.807) is 12.1 Å². The molecule has 0 aliphatic heterocycles. The Labute approximate surface area is 94.1 Å². The minimum atomic E-state index is 0.456. The molecular formula is C12H15NO3. The fraction of sp³-hybridized carbons (Fsp3) is 0.417. The van der Waals surface area contributed by atoms with Crippen molar-refractivity contribution in [2.45, 2.75) is 31.6 Å². The van der Waals surface area contributed by atoms with Crippen LogP contribution in [-0.4, -0.2) is 16.2 Å². The summed E-state index contributed by atoms with van der Waals surface area (Å²) in [6, 6.07) is 7.45. The Kier molecular flexibility index (Phi) is 3.41. The second-order valence-corrected chi connectivity index (χ2v) is 4.10. The maximum absolute atomic E-state index is 8.66. The van der Waals surface area contributed by atoms with E-state index in [4.69, 9.17) is 10.5 Å². The van der Waals surface area contributed by atoms with E-state index in [0.29, 0.717) is 11.7 Å². The maximum Gasteiger partial charge on any atom is 0.165 e. The van der Waals surface area contributed by atoms with Crippen molar-refractivity contribution in [3.8, 4) is 5.75 Å². The quantitative estimate of drug-likeness (QED) is 0.458. The van der Waals surface area contributed by atoms with Gasteiger partial charge in [-0.05, 0) is 49.3 Å². The highest BCUT2D eigenvalue weighted by Crippen LogP contribution is 2.32. The first-order valence-electron chi connectivity index (χ1n) is 5.44. The van der Waals surface area contributed by atoms with Crippen LogP contribution < -0.4 is 4.89 Å². The van der Waals surface area contributed by atoms with Crippen LogP contribution in [0.3, 0.4) is 0 Å². The Morgan fingerprint density at radius 1 is 1.12 bits per heavy atom. The fourth-order valence-electron chi connectivity index (χ4n) is 2.19. The number of rotatable bonds is 2. The molecule has 0 unspecified atom stereocenters. The number of hydrogen-bond donors (Lipinski definition) is 2. The van der Waals surface area contributed by atoms with Crippen molar-refractivity contribution < 1.29 is 15.4 Å². The van der Waals surface area contributed by atoms with Crippen LogP contribution >= 0.6 is 0 Å². The second kappa shape index (κ2) is 4.99. The minimum Gasteiger partial charge on any atom is -0.411 e. The van der Waals surface area contributed by atoms with Gasteiger partial charge < -0.3 is 10.1 Å². The van der Waals surface area contributed by atoms with Crippen LogP contribution in [0.5, 0.6) is 5.75 Å². The Morgan fingerprint density at radius 2 is 1.75 bits per heavy atom. The van der Waals surface area contributed by atoms with Crippen LogP contribution in [0, 0.1) is 0 Å². The Bertz CT molecular complexity index is 362. The lowest BCUT2D eigenvalue weighted by atomic mass is 9.83. The lowest BCUT2D eigenvalue weighted by Gasteiger charge is -2.22. The zero-order chi connectivity index (χ0) is 11.4. The summed E-state index contributed by atoms with van der Waals surface area (Å²) in [6.45, 7) is 0. The molecule has 0 saturated heterocycles. The molecule has 0 bridgehead atoms. The summed E-state index contributed by atoms with van der Waals surface area (Å²) in [5.41, 5.74) is 2.14. The van der Waals surface area contributed by atoms with Gasteiger partial charge in [0.1, 0.15) is 0 Å². The van der Waals surface area contributed by atoms with Crippen LogP contribution in [0.25, 0.3) is 0 Å². The Morgan fingerprint density at radius 3 is 2.25 bits per heavy atom. The molecule has 1 saturated carbocycles. The van der Waals surface area contributed by atoms with E-state index < -0.39 is 0 Å². The third-order valence-corrected chi connectivity index (χ3v) is 3.16. The van der Waals surface area contributed by atoms with Crippen LogP contribution in [0.4, 0.5) is 0 Å². The highest BCUT2D eigenvalue weighted by Gasteiger charge is 2.19. The van der Waals surface area contributed by atoms with Crippen molar-refractivity contribution in [1.29, 1.82) is 0 Å². The molecule has 1 aromatic rings. The summed E-state index contributed by atoms with van der Waals surface area (Å²) in [7, 11) is 0. The molecule has 86 valence electrons. The number of benzene rings is 1. The first-order valence-corrected chi connectivity index (χ1v) is 5.44. The molecule has 4 nitrogen and oxygen atoms in total. The Hall–Kier alpha value is -1.55. The van der Waals surface area contributed by atoms with Crippen molar-refractivity contribution in [2.75, 3.05) is 0 Å². The molecule has 0 spiro atoms. The van der Waals surface area contributed by atoms with Crippen molar-refractivity contribution in [1.82, 2.24) is 0 Å². The van der Waals surface area contributed by atoms with Gasteiger partial charge in [-0.3, -0.25) is 0 Å². The van der Waals surface area contributed by atoms with Gasteiger partial charge in [0.2, 0.25) is 0 Å². The van der Waals surface area contributed by atoms with E-state index in [0.717, 1.165) is 31.4 Å². The summed E-state index contributed by atoms with van der Waals surface area (Å²) in [5, 5.41) is 20.4. The summed E-state index contributed by atoms with van der Waals surface area (Å²) < 4.78 is 0. The van der Waals surface area contributed by atoms with Crippen molar-refractivity contribution in [3.63, 3.8) is 0 Å². The van der Waals surface area contributed by atoms with E-state index >= 15 is 0 Å². The molecule has 2 rings (SSSR count). The van der Waals surface area contributed by atoms with E-state index in [1.165, 1.54) is 5.56 Å². The van der Waals surface area contributed by atoms with E-state index in [9.17, 15) is 0 Å². The van der Waals surface area contributed by atoms with Crippen LogP contribution in [-0.2, 0) is 0 Å². The zero-order valence-corrected chi connectivity index (χ0v) is 8.97. The molecule has 0 radical (unpaired) electrons. The van der Waals surface area contributed by atoms with Crippen molar-refractivity contribution in [3.05, 3.63) is 29.8 Å². The monoisotopic (exact) mass is 221 g/mol. The number of nitrogens with zero attached hydrogens (tertiary/aromatic N) is 1. The standard InChI is InChI=1S/C12H15NO3/c14-13-11-5-1-9(2-6-11)10-3-7-12(16-15)8-4-10/h3-4,7-9,14-15H,1-2,5-6H2. The summed E-state index contributed by atoms with van der Waals surface area (Å²) in [4.78, 5) is 4.14. The average molecular weight is 221 g/mol. The smallest absolute Gasteiger partial charge is 0.165 e. The second-order valence-electron chi connectivity index (χ2n) is 4.10. The highest BCUT2D eigenvalue weighted by atomic mass is 17.1. The lowest BCUT2D eigenvalue weighted by Crippen LogP contribution is -2.12. The van der Waals surface area contributed by atoms with Crippen LogP contribution in [0.15, 0.2) is 29.4 Å².